The molecule has 2 atom stereocenters. The van der Waals surface area contributed by atoms with Crippen LogP contribution in [0.1, 0.15) is 36.0 Å². The largest absolute Gasteiger partial charge is 0.365 e. The van der Waals surface area contributed by atoms with Crippen LogP contribution in [0.15, 0.2) is 29.8 Å². The van der Waals surface area contributed by atoms with Gasteiger partial charge in [0, 0.05) is 17.8 Å². The van der Waals surface area contributed by atoms with Crippen molar-refractivity contribution in [2.45, 2.75) is 37.8 Å². The van der Waals surface area contributed by atoms with Gasteiger partial charge in [-0.1, -0.05) is 12.8 Å². The summed E-state index contributed by atoms with van der Waals surface area (Å²) in [4.78, 5) is 20.4. The third-order valence-corrected chi connectivity index (χ3v) is 5.77. The Morgan fingerprint density at radius 3 is 2.82 bits per heavy atom. The van der Waals surface area contributed by atoms with E-state index in [1.54, 1.807) is 5.51 Å². The quantitative estimate of drug-likeness (QED) is 0.521. The maximum atomic E-state index is 14.6. The molecule has 3 aromatic rings. The third-order valence-electron chi connectivity index (χ3n) is 4.98. The predicted octanol–water partition coefficient (Wildman–Crippen LogP) is 3.35. The van der Waals surface area contributed by atoms with Gasteiger partial charge in [0.05, 0.1) is 21.3 Å². The smallest absolute Gasteiger partial charge is 0.252 e. The summed E-state index contributed by atoms with van der Waals surface area (Å²) in [5.41, 5.74) is 14.9. The van der Waals surface area contributed by atoms with E-state index in [0.29, 0.717) is 5.69 Å². The molecule has 1 amide bonds. The van der Waals surface area contributed by atoms with Crippen LogP contribution in [0.5, 0.6) is 0 Å². The molecule has 28 heavy (non-hydrogen) atoms. The highest BCUT2D eigenvalue weighted by molar-refractivity contribution is 7.16. The fraction of sp³-hybridized carbons (Fsp3) is 0.316. The van der Waals surface area contributed by atoms with Crippen LogP contribution in [-0.2, 0) is 0 Å². The minimum Gasteiger partial charge on any atom is -0.365 e. The van der Waals surface area contributed by atoms with E-state index >= 15 is 0 Å². The normalized spacial score (nSPS) is 19.5. The van der Waals surface area contributed by atoms with Crippen molar-refractivity contribution < 1.29 is 9.18 Å². The Balaban J connectivity index is 1.66. The van der Waals surface area contributed by atoms with Gasteiger partial charge in [0.15, 0.2) is 11.6 Å². The number of rotatable bonds is 5. The van der Waals surface area contributed by atoms with Crippen molar-refractivity contribution in [2.75, 3.05) is 10.6 Å². The van der Waals surface area contributed by atoms with Crippen molar-refractivity contribution in [2.24, 2.45) is 11.5 Å². The number of primary amides is 1. The first-order valence-electron chi connectivity index (χ1n) is 9.14. The van der Waals surface area contributed by atoms with Gasteiger partial charge in [-0.3, -0.25) is 4.79 Å². The number of carbonyl (C=O) groups is 1. The Hall–Kier alpha value is -2.78. The monoisotopic (exact) mass is 400 g/mol. The summed E-state index contributed by atoms with van der Waals surface area (Å²) in [6, 6.07) is 6.57. The number of benzene rings is 1. The number of nitrogens with zero attached hydrogens (tertiary/aromatic N) is 2. The lowest BCUT2D eigenvalue weighted by Gasteiger charge is -2.30. The molecule has 9 heteroatoms. The highest BCUT2D eigenvalue weighted by Crippen LogP contribution is 2.28. The summed E-state index contributed by atoms with van der Waals surface area (Å²) in [6.45, 7) is 0. The van der Waals surface area contributed by atoms with Crippen LogP contribution in [0, 0.1) is 5.82 Å². The Morgan fingerprint density at radius 2 is 2.04 bits per heavy atom. The first-order chi connectivity index (χ1) is 13.5. The molecule has 1 unspecified atom stereocenters. The summed E-state index contributed by atoms with van der Waals surface area (Å²) >= 11 is 1.50. The van der Waals surface area contributed by atoms with Crippen LogP contribution < -0.4 is 22.1 Å². The number of thiazole rings is 1. The van der Waals surface area contributed by atoms with E-state index in [9.17, 15) is 9.18 Å². The molecule has 0 aliphatic heterocycles. The zero-order valence-corrected chi connectivity index (χ0v) is 15.9. The molecule has 1 saturated carbocycles. The molecule has 0 saturated heterocycles. The lowest BCUT2D eigenvalue weighted by molar-refractivity contribution is 0.100. The highest BCUT2D eigenvalue weighted by Gasteiger charge is 2.24. The molecule has 7 nitrogen and oxygen atoms in total. The maximum Gasteiger partial charge on any atom is 0.252 e. The van der Waals surface area contributed by atoms with Gasteiger partial charge < -0.3 is 22.1 Å². The van der Waals surface area contributed by atoms with E-state index in [-0.39, 0.29) is 29.3 Å². The van der Waals surface area contributed by atoms with Crippen LogP contribution in [0.2, 0.25) is 0 Å². The summed E-state index contributed by atoms with van der Waals surface area (Å²) < 4.78 is 15.6. The van der Waals surface area contributed by atoms with E-state index in [1.165, 1.54) is 11.3 Å². The van der Waals surface area contributed by atoms with E-state index in [0.717, 1.165) is 42.0 Å². The fourth-order valence-electron chi connectivity index (χ4n) is 3.46. The molecule has 0 bridgehead atoms. The summed E-state index contributed by atoms with van der Waals surface area (Å²) in [6.07, 6.45) is 3.85. The molecule has 0 spiro atoms. The zero-order valence-electron chi connectivity index (χ0n) is 15.1. The highest BCUT2D eigenvalue weighted by atomic mass is 32.1. The van der Waals surface area contributed by atoms with E-state index in [4.69, 9.17) is 11.5 Å². The second-order valence-electron chi connectivity index (χ2n) is 6.94. The molecule has 1 aromatic carbocycles. The van der Waals surface area contributed by atoms with Gasteiger partial charge in [0.25, 0.3) is 5.91 Å². The van der Waals surface area contributed by atoms with Gasteiger partial charge >= 0.3 is 0 Å². The molecule has 6 N–H and O–H groups in total. The third kappa shape index (κ3) is 3.76. The van der Waals surface area contributed by atoms with Crippen LogP contribution >= 0.6 is 11.3 Å². The number of nitrogens with one attached hydrogen (secondary N) is 2. The summed E-state index contributed by atoms with van der Waals surface area (Å²) in [5.74, 6) is -1.12. The first-order valence-corrected chi connectivity index (χ1v) is 10.0. The Labute approximate surface area is 165 Å². The van der Waals surface area contributed by atoms with Crippen LogP contribution in [0.4, 0.5) is 21.7 Å². The molecule has 2 heterocycles. The Morgan fingerprint density at radius 1 is 1.21 bits per heavy atom. The number of hydrogen-bond donors (Lipinski definition) is 4. The number of fused-ring (bicyclic) bond motifs is 1. The molecule has 4 rings (SSSR count). The standard InChI is InChI=1S/C19H21FN6OS/c20-12-8-11(17(22)27)18(24-10-5-6-15-16(7-10)28-9-23-15)26-19(12)25-14-4-2-1-3-13(14)21/h5-9,13-14H,1-4,21H2,(H2,22,27)(H2,24,25,26)/t13-,14?/m0/s1. The average molecular weight is 400 g/mol. The predicted molar refractivity (Wildman–Crippen MR) is 109 cm³/mol. The summed E-state index contributed by atoms with van der Waals surface area (Å²) in [5, 5.41) is 6.19. The number of carbonyl (C=O) groups excluding carboxylic acids is 1. The minimum absolute atomic E-state index is 0.0135. The number of amides is 1. The van der Waals surface area contributed by atoms with E-state index < -0.39 is 11.7 Å². The van der Waals surface area contributed by atoms with Crippen molar-refractivity contribution in [1.29, 1.82) is 0 Å². The second kappa shape index (κ2) is 7.69. The van der Waals surface area contributed by atoms with Gasteiger partial charge in [-0.05, 0) is 37.1 Å². The van der Waals surface area contributed by atoms with Crippen molar-refractivity contribution in [3.05, 3.63) is 41.2 Å². The Bertz CT molecular complexity index is 1020. The number of hydrogen-bond acceptors (Lipinski definition) is 7. The van der Waals surface area contributed by atoms with Gasteiger partial charge in [-0.25, -0.2) is 14.4 Å². The number of anilines is 3. The van der Waals surface area contributed by atoms with Crippen LogP contribution in [-0.4, -0.2) is 28.0 Å². The SMILES string of the molecule is NC(=O)c1cc(F)c(NC2CCCC[C@@H]2N)nc1Nc1ccc2ncsc2c1. The molecule has 1 aliphatic carbocycles. The number of halogens is 1. The van der Waals surface area contributed by atoms with E-state index in [1.807, 2.05) is 18.2 Å². The van der Waals surface area contributed by atoms with Crippen molar-refractivity contribution in [3.63, 3.8) is 0 Å². The van der Waals surface area contributed by atoms with Crippen LogP contribution in [0.3, 0.4) is 0 Å². The summed E-state index contributed by atoms with van der Waals surface area (Å²) in [7, 11) is 0. The molecule has 1 aliphatic rings. The topological polar surface area (TPSA) is 119 Å². The van der Waals surface area contributed by atoms with Crippen molar-refractivity contribution >= 4 is 44.8 Å². The first kappa shape index (κ1) is 18.6. The molecular formula is C19H21FN6OS. The average Bonchev–Trinajstić information content (AvgIpc) is 3.13. The van der Waals surface area contributed by atoms with Crippen molar-refractivity contribution in [1.82, 2.24) is 9.97 Å². The lowest BCUT2D eigenvalue weighted by Crippen LogP contribution is -2.43. The van der Waals surface area contributed by atoms with Gasteiger partial charge in [-0.15, -0.1) is 11.3 Å². The van der Waals surface area contributed by atoms with Crippen molar-refractivity contribution in [3.8, 4) is 0 Å². The molecule has 0 radical (unpaired) electrons. The van der Waals surface area contributed by atoms with Gasteiger partial charge in [0.1, 0.15) is 5.82 Å². The molecular weight excluding hydrogens is 379 g/mol. The molecule has 1 fully saturated rings. The number of nitrogens with two attached hydrogens (primary N) is 2. The zero-order chi connectivity index (χ0) is 19.7. The van der Waals surface area contributed by atoms with E-state index in [2.05, 4.69) is 20.6 Å². The van der Waals surface area contributed by atoms with Gasteiger partial charge in [0.2, 0.25) is 0 Å². The Kier molecular flexibility index (Phi) is 5.10. The lowest BCUT2D eigenvalue weighted by atomic mass is 9.91. The molecule has 146 valence electrons. The van der Waals surface area contributed by atoms with Crippen LogP contribution in [0.25, 0.3) is 10.2 Å². The number of pyridine rings is 1. The molecule has 2 aromatic heterocycles. The minimum atomic E-state index is -0.756. The second-order valence-corrected chi connectivity index (χ2v) is 7.82. The number of aromatic nitrogens is 2. The maximum absolute atomic E-state index is 14.6. The van der Waals surface area contributed by atoms with Gasteiger partial charge in [-0.2, -0.15) is 0 Å². The fourth-order valence-corrected chi connectivity index (χ4v) is 4.17.